The molecular formula is C17H16O4. The highest BCUT2D eigenvalue weighted by atomic mass is 16.5. The van der Waals surface area contributed by atoms with E-state index in [-0.39, 0.29) is 0 Å². The van der Waals surface area contributed by atoms with E-state index in [0.717, 1.165) is 22.4 Å². The van der Waals surface area contributed by atoms with Crippen LogP contribution >= 0.6 is 0 Å². The standard InChI is InChI=1S/C17H16O4/c1-19-13-6-3-11(4-7-13)17(18)16-9-12-5-8-14(20-2)10-15(12)21-16/h3-10,17-18H,1-2H3. The summed E-state index contributed by atoms with van der Waals surface area (Å²) in [5.74, 6) is 1.98. The van der Waals surface area contributed by atoms with E-state index < -0.39 is 6.10 Å². The molecule has 0 radical (unpaired) electrons. The molecule has 4 nitrogen and oxygen atoms in total. The zero-order valence-electron chi connectivity index (χ0n) is 11.9. The molecule has 2 aromatic carbocycles. The molecule has 0 amide bonds. The summed E-state index contributed by atoms with van der Waals surface area (Å²) in [5, 5.41) is 11.3. The molecule has 1 unspecified atom stereocenters. The molecule has 1 atom stereocenters. The summed E-state index contributed by atoms with van der Waals surface area (Å²) in [6, 6.07) is 14.7. The van der Waals surface area contributed by atoms with E-state index in [1.807, 2.05) is 42.5 Å². The number of benzene rings is 2. The van der Waals surface area contributed by atoms with Crippen molar-refractivity contribution >= 4 is 11.0 Å². The van der Waals surface area contributed by atoms with Crippen LogP contribution in [0.5, 0.6) is 11.5 Å². The van der Waals surface area contributed by atoms with Gasteiger partial charge in [0, 0.05) is 11.5 Å². The first-order valence-corrected chi connectivity index (χ1v) is 6.61. The largest absolute Gasteiger partial charge is 0.497 e. The third-order valence-electron chi connectivity index (χ3n) is 3.45. The monoisotopic (exact) mass is 284 g/mol. The van der Waals surface area contributed by atoms with Gasteiger partial charge in [-0.05, 0) is 35.9 Å². The number of rotatable bonds is 4. The summed E-state index contributed by atoms with van der Waals surface area (Å²) in [7, 11) is 3.22. The van der Waals surface area contributed by atoms with Gasteiger partial charge < -0.3 is 19.0 Å². The van der Waals surface area contributed by atoms with E-state index in [1.54, 1.807) is 20.3 Å². The van der Waals surface area contributed by atoms with Gasteiger partial charge in [0.2, 0.25) is 0 Å². The Hall–Kier alpha value is -2.46. The molecule has 1 heterocycles. The second kappa shape index (κ2) is 5.50. The molecule has 3 aromatic rings. The number of aliphatic hydroxyl groups excluding tert-OH is 1. The molecule has 0 spiro atoms. The van der Waals surface area contributed by atoms with Crippen LogP contribution in [0.15, 0.2) is 52.9 Å². The third kappa shape index (κ3) is 2.58. The number of ether oxygens (including phenoxy) is 2. The van der Waals surface area contributed by atoms with Crippen molar-refractivity contribution in [3.05, 3.63) is 59.9 Å². The summed E-state index contributed by atoms with van der Waals surface area (Å²) >= 11 is 0. The van der Waals surface area contributed by atoms with Gasteiger partial charge in [-0.2, -0.15) is 0 Å². The Labute approximate surface area is 122 Å². The molecule has 0 saturated heterocycles. The van der Waals surface area contributed by atoms with Crippen molar-refractivity contribution in [1.82, 2.24) is 0 Å². The van der Waals surface area contributed by atoms with E-state index >= 15 is 0 Å². The van der Waals surface area contributed by atoms with Gasteiger partial charge >= 0.3 is 0 Å². The van der Waals surface area contributed by atoms with Gasteiger partial charge in [0.25, 0.3) is 0 Å². The van der Waals surface area contributed by atoms with Gasteiger partial charge in [-0.15, -0.1) is 0 Å². The lowest BCUT2D eigenvalue weighted by atomic mass is 10.1. The smallest absolute Gasteiger partial charge is 0.138 e. The average Bonchev–Trinajstić information content (AvgIpc) is 2.97. The maximum atomic E-state index is 10.4. The van der Waals surface area contributed by atoms with Crippen LogP contribution in [0.3, 0.4) is 0 Å². The maximum Gasteiger partial charge on any atom is 0.138 e. The fourth-order valence-corrected chi connectivity index (χ4v) is 2.24. The molecule has 4 heteroatoms. The van der Waals surface area contributed by atoms with E-state index in [9.17, 15) is 5.11 Å². The quantitative estimate of drug-likeness (QED) is 0.796. The average molecular weight is 284 g/mol. The lowest BCUT2D eigenvalue weighted by molar-refractivity contribution is 0.192. The van der Waals surface area contributed by atoms with Gasteiger partial charge in [0.15, 0.2) is 0 Å². The lowest BCUT2D eigenvalue weighted by Gasteiger charge is -2.08. The van der Waals surface area contributed by atoms with Crippen molar-refractivity contribution in [3.8, 4) is 11.5 Å². The number of aliphatic hydroxyl groups is 1. The molecule has 108 valence electrons. The summed E-state index contributed by atoms with van der Waals surface area (Å²) < 4.78 is 16.0. The molecular weight excluding hydrogens is 268 g/mol. The summed E-state index contributed by atoms with van der Waals surface area (Å²) in [6.07, 6.45) is -0.811. The fraction of sp³-hybridized carbons (Fsp3) is 0.176. The molecule has 1 N–H and O–H groups in total. The van der Waals surface area contributed by atoms with Crippen LogP contribution in [0.25, 0.3) is 11.0 Å². The number of furan rings is 1. The van der Waals surface area contributed by atoms with Crippen LogP contribution < -0.4 is 9.47 Å². The molecule has 0 aliphatic rings. The molecule has 1 aromatic heterocycles. The highest BCUT2D eigenvalue weighted by Crippen LogP contribution is 2.30. The molecule has 0 aliphatic carbocycles. The van der Waals surface area contributed by atoms with Gasteiger partial charge in [0.05, 0.1) is 14.2 Å². The van der Waals surface area contributed by atoms with Crippen molar-refractivity contribution in [1.29, 1.82) is 0 Å². The van der Waals surface area contributed by atoms with E-state index in [1.165, 1.54) is 0 Å². The minimum atomic E-state index is -0.811. The Morgan fingerprint density at radius 3 is 2.24 bits per heavy atom. The van der Waals surface area contributed by atoms with Gasteiger partial charge in [0.1, 0.15) is 28.9 Å². The Morgan fingerprint density at radius 1 is 0.905 bits per heavy atom. The van der Waals surface area contributed by atoms with Crippen molar-refractivity contribution in [2.75, 3.05) is 14.2 Å². The molecule has 0 aliphatic heterocycles. The van der Waals surface area contributed by atoms with Gasteiger partial charge in [-0.3, -0.25) is 0 Å². The Bertz CT molecular complexity index is 743. The van der Waals surface area contributed by atoms with Gasteiger partial charge in [-0.25, -0.2) is 0 Å². The topological polar surface area (TPSA) is 51.8 Å². The Kier molecular flexibility index (Phi) is 3.54. The van der Waals surface area contributed by atoms with E-state index in [0.29, 0.717) is 11.3 Å². The van der Waals surface area contributed by atoms with Crippen LogP contribution in [0.4, 0.5) is 0 Å². The molecule has 3 rings (SSSR count). The SMILES string of the molecule is COc1ccc(C(O)c2cc3ccc(OC)cc3o2)cc1. The first kappa shape index (κ1) is 13.5. The Morgan fingerprint density at radius 2 is 1.57 bits per heavy atom. The van der Waals surface area contributed by atoms with Crippen molar-refractivity contribution < 1.29 is 19.0 Å². The highest BCUT2D eigenvalue weighted by molar-refractivity contribution is 5.79. The van der Waals surface area contributed by atoms with Crippen molar-refractivity contribution in [2.45, 2.75) is 6.10 Å². The van der Waals surface area contributed by atoms with Crippen LogP contribution in [-0.4, -0.2) is 19.3 Å². The molecule has 0 fully saturated rings. The minimum Gasteiger partial charge on any atom is -0.497 e. The highest BCUT2D eigenvalue weighted by Gasteiger charge is 2.16. The fourth-order valence-electron chi connectivity index (χ4n) is 2.24. The lowest BCUT2D eigenvalue weighted by Crippen LogP contribution is -1.97. The number of hydrogen-bond donors (Lipinski definition) is 1. The minimum absolute atomic E-state index is 0.503. The number of fused-ring (bicyclic) bond motifs is 1. The van der Waals surface area contributed by atoms with Crippen LogP contribution in [0.1, 0.15) is 17.4 Å². The number of hydrogen-bond acceptors (Lipinski definition) is 4. The predicted molar refractivity (Wildman–Crippen MR) is 79.8 cm³/mol. The van der Waals surface area contributed by atoms with Crippen LogP contribution in [0.2, 0.25) is 0 Å². The number of methoxy groups -OCH3 is 2. The summed E-state index contributed by atoms with van der Waals surface area (Å²) in [4.78, 5) is 0. The zero-order valence-corrected chi connectivity index (χ0v) is 11.9. The first-order chi connectivity index (χ1) is 10.2. The summed E-state index contributed by atoms with van der Waals surface area (Å²) in [5.41, 5.74) is 1.44. The van der Waals surface area contributed by atoms with Gasteiger partial charge in [-0.1, -0.05) is 12.1 Å². The van der Waals surface area contributed by atoms with E-state index in [2.05, 4.69) is 0 Å². The first-order valence-electron chi connectivity index (χ1n) is 6.61. The summed E-state index contributed by atoms with van der Waals surface area (Å²) in [6.45, 7) is 0. The second-order valence-corrected chi connectivity index (χ2v) is 4.73. The zero-order chi connectivity index (χ0) is 14.8. The van der Waals surface area contributed by atoms with Crippen LogP contribution in [-0.2, 0) is 0 Å². The van der Waals surface area contributed by atoms with Crippen molar-refractivity contribution in [2.24, 2.45) is 0 Å². The molecule has 21 heavy (non-hydrogen) atoms. The second-order valence-electron chi connectivity index (χ2n) is 4.73. The maximum absolute atomic E-state index is 10.4. The Balaban J connectivity index is 1.94. The third-order valence-corrected chi connectivity index (χ3v) is 3.45. The van der Waals surface area contributed by atoms with Crippen molar-refractivity contribution in [3.63, 3.8) is 0 Å². The van der Waals surface area contributed by atoms with E-state index in [4.69, 9.17) is 13.9 Å². The normalized spacial score (nSPS) is 12.3. The predicted octanol–water partition coefficient (Wildman–Crippen LogP) is 3.53. The van der Waals surface area contributed by atoms with Crippen LogP contribution in [0, 0.1) is 0 Å². The molecule has 0 saturated carbocycles. The molecule has 0 bridgehead atoms.